The highest BCUT2D eigenvalue weighted by Crippen LogP contribution is 2.28. The highest BCUT2D eigenvalue weighted by atomic mass is 16.3. The maximum Gasteiger partial charge on any atom is 0.120 e. The minimum absolute atomic E-state index is 0.0489. The van der Waals surface area contributed by atoms with Gasteiger partial charge < -0.3 is 45.9 Å². The van der Waals surface area contributed by atoms with E-state index in [1.807, 2.05) is 30.7 Å². The van der Waals surface area contributed by atoms with E-state index >= 15 is 0 Å². The zero-order valence-corrected chi connectivity index (χ0v) is 20.8. The van der Waals surface area contributed by atoms with Crippen molar-refractivity contribution >= 4 is 6.79 Å². The monoisotopic (exact) mass is 499 g/mol. The topological polar surface area (TPSA) is 177 Å². The summed E-state index contributed by atoms with van der Waals surface area (Å²) in [6.45, 7) is 4.93. The molecule has 200 valence electrons. The molecule has 0 heterocycles. The van der Waals surface area contributed by atoms with Gasteiger partial charge in [-0.1, -0.05) is 0 Å². The van der Waals surface area contributed by atoms with Gasteiger partial charge >= 0.3 is 0 Å². The molecule has 11 heteroatoms. The molecule has 0 aromatic heterocycles. The third-order valence-electron chi connectivity index (χ3n) is 4.34. The molecule has 0 fully saturated rings. The average molecular weight is 500 g/mol. The highest BCUT2D eigenvalue weighted by molar-refractivity contribution is 5.45. The van der Waals surface area contributed by atoms with Gasteiger partial charge in [0.1, 0.15) is 29.8 Å². The number of hydrogen-bond acceptors (Lipinski definition) is 11. The van der Waals surface area contributed by atoms with Crippen LogP contribution in [-0.4, -0.2) is 113 Å². The normalized spacial score (nSPS) is 9.94. The lowest BCUT2D eigenvalue weighted by Crippen LogP contribution is -2.22. The summed E-state index contributed by atoms with van der Waals surface area (Å²) in [7, 11) is 5.46. The van der Waals surface area contributed by atoms with Crippen molar-refractivity contribution in [2.75, 3.05) is 60.6 Å². The minimum atomic E-state index is 0.0489. The molecule has 0 saturated carbocycles. The van der Waals surface area contributed by atoms with E-state index in [0.717, 1.165) is 0 Å². The van der Waals surface area contributed by atoms with Crippen LogP contribution in [0.3, 0.4) is 0 Å². The second-order valence-electron chi connectivity index (χ2n) is 7.38. The Morgan fingerprint density at radius 1 is 0.714 bits per heavy atom. The number of phenols is 4. The summed E-state index contributed by atoms with van der Waals surface area (Å²) in [5.41, 5.74) is 1.24. The van der Waals surface area contributed by atoms with Crippen molar-refractivity contribution in [2.24, 2.45) is 0 Å². The fourth-order valence-corrected chi connectivity index (χ4v) is 2.56. The predicted octanol–water partition coefficient (Wildman–Crippen LogP) is 0.0570. The number of likely N-dealkylation sites (N-methyl/N-ethyl adjacent to an activating group) is 3. The van der Waals surface area contributed by atoms with E-state index in [4.69, 9.17) is 30.3 Å². The Hall–Kier alpha value is -2.93. The molecule has 0 amide bonds. The molecule has 11 nitrogen and oxygen atoms in total. The Bertz CT molecular complexity index is 715. The van der Waals surface area contributed by atoms with Crippen LogP contribution in [0.2, 0.25) is 0 Å². The molecule has 0 saturated heterocycles. The summed E-state index contributed by atoms with van der Waals surface area (Å²) in [5, 5.41) is 65.8. The van der Waals surface area contributed by atoms with E-state index < -0.39 is 0 Å². The summed E-state index contributed by atoms with van der Waals surface area (Å²) in [6.07, 6.45) is 0. The van der Waals surface area contributed by atoms with Gasteiger partial charge in [-0.25, -0.2) is 0 Å². The number of aliphatic hydroxyl groups excluding tert-OH is 3. The second-order valence-corrected chi connectivity index (χ2v) is 7.38. The van der Waals surface area contributed by atoms with Crippen molar-refractivity contribution in [3.05, 3.63) is 47.5 Å². The first kappa shape index (κ1) is 34.2. The second kappa shape index (κ2) is 21.6. The molecular formula is C24H41N3O8. The first-order chi connectivity index (χ1) is 16.7. The Labute approximate surface area is 207 Å². The number of aliphatic hydroxyl groups is 3. The summed E-state index contributed by atoms with van der Waals surface area (Å²) >= 11 is 0. The van der Waals surface area contributed by atoms with Gasteiger partial charge in [-0.05, 0) is 57.5 Å². The van der Waals surface area contributed by atoms with E-state index in [9.17, 15) is 10.2 Å². The molecule has 0 aliphatic heterocycles. The number of phenolic OH excluding ortho intramolecular Hbond substituents is 4. The van der Waals surface area contributed by atoms with Crippen LogP contribution in [0.4, 0.5) is 0 Å². The molecule has 2 aromatic carbocycles. The lowest BCUT2D eigenvalue weighted by molar-refractivity contribution is -0.0980. The summed E-state index contributed by atoms with van der Waals surface area (Å²) in [4.78, 5) is 11.7. The van der Waals surface area contributed by atoms with Gasteiger partial charge in [0.05, 0.1) is 19.8 Å². The fraction of sp³-hybridized carbons (Fsp3) is 0.458. The molecule has 35 heavy (non-hydrogen) atoms. The Morgan fingerprint density at radius 2 is 1.06 bits per heavy atom. The summed E-state index contributed by atoms with van der Waals surface area (Å²) in [5.74, 6) is 0.588. The zero-order chi connectivity index (χ0) is 27.2. The van der Waals surface area contributed by atoms with Crippen LogP contribution in [0.15, 0.2) is 36.4 Å². The highest BCUT2D eigenvalue weighted by Gasteiger charge is 2.12. The molecule has 0 bridgehead atoms. The van der Waals surface area contributed by atoms with E-state index in [-0.39, 0.29) is 42.8 Å². The first-order valence-electron chi connectivity index (χ1n) is 10.8. The number of carbonyl (C=O) groups excluding carboxylic acids is 1. The molecule has 0 atom stereocenters. The quantitative estimate of drug-likeness (QED) is 0.207. The number of nitrogens with zero attached hydrogens (tertiary/aromatic N) is 2. The fourth-order valence-electron chi connectivity index (χ4n) is 2.56. The van der Waals surface area contributed by atoms with Crippen molar-refractivity contribution in [1.82, 2.24) is 15.1 Å². The first-order valence-corrected chi connectivity index (χ1v) is 10.8. The number of carbonyl (C=O) groups is 1. The standard InChI is InChI=1S/C14H24N2O4.C6H6O2.C3H9NO.CH2O/c1-15(3-5-17)9-11-7-14(20)12(8-13(11)19)10-16(2)4-6-18;7-5-1-2-6(8)4-3-5;1-4-2-3-5;1-2/h7-8,17-20H,3-6,9-10H2,1-2H3;1-4,7-8H;4-5H,2-3H2,1H3;1H2. The van der Waals surface area contributed by atoms with Crippen LogP contribution in [0.1, 0.15) is 11.1 Å². The lowest BCUT2D eigenvalue weighted by Gasteiger charge is -2.19. The van der Waals surface area contributed by atoms with Crippen molar-refractivity contribution < 1.29 is 40.5 Å². The predicted molar refractivity (Wildman–Crippen MR) is 135 cm³/mol. The van der Waals surface area contributed by atoms with Crippen molar-refractivity contribution in [3.63, 3.8) is 0 Å². The molecular weight excluding hydrogens is 458 g/mol. The minimum Gasteiger partial charge on any atom is -0.508 e. The van der Waals surface area contributed by atoms with Crippen molar-refractivity contribution in [2.45, 2.75) is 13.1 Å². The van der Waals surface area contributed by atoms with E-state index in [1.54, 1.807) is 19.2 Å². The van der Waals surface area contributed by atoms with Gasteiger partial charge in [0.15, 0.2) is 0 Å². The maximum absolute atomic E-state index is 10.0. The number of benzene rings is 2. The summed E-state index contributed by atoms with van der Waals surface area (Å²) < 4.78 is 0. The molecule has 0 spiro atoms. The molecule has 8 N–H and O–H groups in total. The Morgan fingerprint density at radius 3 is 1.29 bits per heavy atom. The van der Waals surface area contributed by atoms with Crippen LogP contribution in [0, 0.1) is 0 Å². The van der Waals surface area contributed by atoms with Gasteiger partial charge in [0, 0.05) is 43.9 Å². The number of hydrogen-bond donors (Lipinski definition) is 8. The summed E-state index contributed by atoms with van der Waals surface area (Å²) in [6, 6.07) is 8.80. The average Bonchev–Trinajstić information content (AvgIpc) is 2.82. The van der Waals surface area contributed by atoms with Gasteiger partial charge in [-0.2, -0.15) is 0 Å². The van der Waals surface area contributed by atoms with Crippen LogP contribution in [0.5, 0.6) is 23.0 Å². The Kier molecular flexibility index (Phi) is 21.1. The van der Waals surface area contributed by atoms with Gasteiger partial charge in [-0.3, -0.25) is 9.80 Å². The van der Waals surface area contributed by atoms with Crippen LogP contribution in [-0.2, 0) is 17.9 Å². The zero-order valence-electron chi connectivity index (χ0n) is 20.8. The molecule has 0 unspecified atom stereocenters. The number of nitrogens with one attached hydrogen (secondary N) is 1. The molecule has 0 radical (unpaired) electrons. The molecule has 0 aliphatic rings. The number of rotatable bonds is 10. The van der Waals surface area contributed by atoms with Gasteiger partial charge in [-0.15, -0.1) is 0 Å². The van der Waals surface area contributed by atoms with Crippen LogP contribution < -0.4 is 5.32 Å². The third kappa shape index (κ3) is 17.2. The van der Waals surface area contributed by atoms with Gasteiger partial charge in [0.2, 0.25) is 0 Å². The Balaban J connectivity index is 0. The van der Waals surface area contributed by atoms with Crippen LogP contribution in [0.25, 0.3) is 0 Å². The van der Waals surface area contributed by atoms with E-state index in [0.29, 0.717) is 43.9 Å². The largest absolute Gasteiger partial charge is 0.508 e. The SMILES string of the molecule is C=O.CN(CCO)Cc1cc(O)c(CN(C)CCO)cc1O.CNCCO.Oc1ccc(O)cc1. The van der Waals surface area contributed by atoms with E-state index in [1.165, 1.54) is 24.3 Å². The van der Waals surface area contributed by atoms with Crippen molar-refractivity contribution in [3.8, 4) is 23.0 Å². The number of aromatic hydroxyl groups is 4. The van der Waals surface area contributed by atoms with E-state index in [2.05, 4.69) is 5.32 Å². The van der Waals surface area contributed by atoms with Crippen LogP contribution >= 0.6 is 0 Å². The van der Waals surface area contributed by atoms with Gasteiger partial charge in [0.25, 0.3) is 0 Å². The molecule has 0 aliphatic carbocycles. The molecule has 2 rings (SSSR count). The lowest BCUT2D eigenvalue weighted by atomic mass is 10.1. The van der Waals surface area contributed by atoms with Crippen molar-refractivity contribution in [1.29, 1.82) is 0 Å². The molecule has 2 aromatic rings. The smallest absolute Gasteiger partial charge is 0.120 e. The maximum atomic E-state index is 10.0. The third-order valence-corrected chi connectivity index (χ3v) is 4.34.